The molecule has 4 aromatic rings. The van der Waals surface area contributed by atoms with Crippen molar-refractivity contribution >= 4 is 22.7 Å². The monoisotopic (exact) mass is 605 g/mol. The molecule has 5 rings (SSSR count). The van der Waals surface area contributed by atoms with Crippen molar-refractivity contribution in [2.24, 2.45) is 7.05 Å². The van der Waals surface area contributed by atoms with Crippen LogP contribution in [0.3, 0.4) is 0 Å². The minimum atomic E-state index is -0.537. The predicted molar refractivity (Wildman–Crippen MR) is 164 cm³/mol. The van der Waals surface area contributed by atoms with E-state index in [1.54, 1.807) is 42.7 Å². The van der Waals surface area contributed by atoms with E-state index in [-0.39, 0.29) is 30.1 Å². The third kappa shape index (κ3) is 6.67. The van der Waals surface area contributed by atoms with Crippen molar-refractivity contribution in [3.63, 3.8) is 0 Å². The average molecular weight is 606 g/mol. The number of aromatic nitrogens is 3. The average Bonchev–Trinajstić information content (AvgIpc) is 3.47. The van der Waals surface area contributed by atoms with Crippen LogP contribution in [0.1, 0.15) is 33.6 Å². The van der Waals surface area contributed by atoms with E-state index in [0.717, 1.165) is 0 Å². The Balaban J connectivity index is 1.26. The molecule has 0 saturated carbocycles. The van der Waals surface area contributed by atoms with Gasteiger partial charge < -0.3 is 28.7 Å². The molecule has 1 N–H and O–H groups in total. The van der Waals surface area contributed by atoms with Gasteiger partial charge in [0.05, 0.1) is 23.3 Å². The number of carbonyl (C=O) groups excluding carboxylic acids is 1. The number of hydrogen-bond acceptors (Lipinski definition) is 8. The predicted octanol–water partition coefficient (Wildman–Crippen LogP) is 4.39. The highest BCUT2D eigenvalue weighted by atomic mass is 16.6. The van der Waals surface area contributed by atoms with E-state index in [1.165, 1.54) is 33.4 Å². The summed E-state index contributed by atoms with van der Waals surface area (Å²) in [7, 11) is 1.60. The first-order valence-corrected chi connectivity index (χ1v) is 14.3. The molecule has 0 bridgehead atoms. The molecule has 232 valence electrons. The topological polar surface area (TPSA) is 151 Å². The standard InChI is InChI=1S/C31H35N5O8/c1-31(2,3)44-30(39)34-12-8-21(9-13-34)42-15-16-43-22-10-14-35(27(37)18-22)26-6-5-20(36(40)41)17-24(26)25-19-33(4)29(38)28-23(25)7-11-32-28/h5-7,10-11,14,17-19,21,32H,8-9,12-13,15-16H2,1-4H3. The highest BCUT2D eigenvalue weighted by molar-refractivity contribution is 5.96. The summed E-state index contributed by atoms with van der Waals surface area (Å²) in [5.74, 6) is 0.355. The lowest BCUT2D eigenvalue weighted by atomic mass is 10.0. The normalized spacial score (nSPS) is 14.1. The number of amides is 1. The van der Waals surface area contributed by atoms with Crippen LogP contribution in [0.5, 0.6) is 5.75 Å². The molecule has 1 aliphatic heterocycles. The van der Waals surface area contributed by atoms with Crippen LogP contribution in [-0.4, -0.2) is 68.0 Å². The Kier molecular flexibility index (Phi) is 8.59. The fourth-order valence-corrected chi connectivity index (χ4v) is 5.20. The second kappa shape index (κ2) is 12.4. The number of likely N-dealkylation sites (tertiary alicyclic amines) is 1. The zero-order valence-electron chi connectivity index (χ0n) is 25.1. The molecule has 4 heterocycles. The molecular weight excluding hydrogens is 570 g/mol. The first kappa shape index (κ1) is 30.5. The molecule has 1 saturated heterocycles. The summed E-state index contributed by atoms with van der Waals surface area (Å²) in [6.45, 7) is 7.16. The summed E-state index contributed by atoms with van der Waals surface area (Å²) in [5, 5.41) is 12.2. The summed E-state index contributed by atoms with van der Waals surface area (Å²) < 4.78 is 19.9. The fourth-order valence-electron chi connectivity index (χ4n) is 5.20. The van der Waals surface area contributed by atoms with Crippen LogP contribution in [0.15, 0.2) is 64.6 Å². The summed E-state index contributed by atoms with van der Waals surface area (Å²) >= 11 is 0. The van der Waals surface area contributed by atoms with Crippen molar-refractivity contribution in [3.05, 3.63) is 85.8 Å². The van der Waals surface area contributed by atoms with Gasteiger partial charge in [-0.15, -0.1) is 0 Å². The largest absolute Gasteiger partial charge is 0.491 e. The number of carbonyl (C=O) groups is 1. The van der Waals surface area contributed by atoms with Gasteiger partial charge in [0.1, 0.15) is 23.5 Å². The third-order valence-corrected chi connectivity index (χ3v) is 7.33. The van der Waals surface area contributed by atoms with E-state index in [4.69, 9.17) is 14.2 Å². The van der Waals surface area contributed by atoms with Crippen LogP contribution >= 0.6 is 0 Å². The van der Waals surface area contributed by atoms with E-state index in [1.807, 2.05) is 20.8 Å². The highest BCUT2D eigenvalue weighted by Crippen LogP contribution is 2.34. The van der Waals surface area contributed by atoms with Crippen LogP contribution in [0.2, 0.25) is 0 Å². The fraction of sp³-hybridized carbons (Fsp3) is 0.387. The van der Waals surface area contributed by atoms with Crippen molar-refractivity contribution in [2.45, 2.75) is 45.3 Å². The van der Waals surface area contributed by atoms with Crippen LogP contribution < -0.4 is 15.9 Å². The van der Waals surface area contributed by atoms with Gasteiger partial charge in [0.2, 0.25) is 0 Å². The molecule has 44 heavy (non-hydrogen) atoms. The lowest BCUT2D eigenvalue weighted by molar-refractivity contribution is -0.384. The zero-order chi connectivity index (χ0) is 31.6. The van der Waals surface area contributed by atoms with Crippen LogP contribution in [0.25, 0.3) is 27.7 Å². The van der Waals surface area contributed by atoms with Crippen molar-refractivity contribution in [2.75, 3.05) is 26.3 Å². The molecule has 1 aromatic carbocycles. The summed E-state index contributed by atoms with van der Waals surface area (Å²) in [6, 6.07) is 8.95. The number of nitrogens with zero attached hydrogens (tertiary/aromatic N) is 4. The number of rotatable bonds is 8. The second-order valence-corrected chi connectivity index (χ2v) is 11.6. The molecule has 1 fully saturated rings. The Morgan fingerprint density at radius 1 is 1.07 bits per heavy atom. The molecule has 0 spiro atoms. The van der Waals surface area contributed by atoms with Gasteiger partial charge in [-0.2, -0.15) is 0 Å². The third-order valence-electron chi connectivity index (χ3n) is 7.33. The molecule has 0 atom stereocenters. The van der Waals surface area contributed by atoms with Crippen LogP contribution in [0, 0.1) is 10.1 Å². The number of non-ortho nitro benzene ring substituents is 1. The molecule has 1 aliphatic rings. The summed E-state index contributed by atoms with van der Waals surface area (Å²) in [6.07, 6.45) is 5.84. The van der Waals surface area contributed by atoms with E-state index in [2.05, 4.69) is 4.98 Å². The molecular formula is C31H35N5O8. The number of hydrogen-bond donors (Lipinski definition) is 1. The van der Waals surface area contributed by atoms with Crippen molar-refractivity contribution in [1.29, 1.82) is 0 Å². The Labute approximate surface area is 252 Å². The minimum absolute atomic E-state index is 0.00480. The number of nitrogens with one attached hydrogen (secondary N) is 1. The van der Waals surface area contributed by atoms with E-state index in [0.29, 0.717) is 66.0 Å². The van der Waals surface area contributed by atoms with Gasteiger partial charge in [0.15, 0.2) is 0 Å². The van der Waals surface area contributed by atoms with Gasteiger partial charge >= 0.3 is 6.09 Å². The van der Waals surface area contributed by atoms with Gasteiger partial charge in [0.25, 0.3) is 16.8 Å². The van der Waals surface area contributed by atoms with Gasteiger partial charge in [0, 0.05) is 73.4 Å². The van der Waals surface area contributed by atoms with E-state index < -0.39 is 16.1 Å². The molecule has 1 amide bonds. The molecule has 3 aromatic heterocycles. The first-order chi connectivity index (χ1) is 20.9. The van der Waals surface area contributed by atoms with Gasteiger partial charge in [-0.1, -0.05) is 0 Å². The quantitative estimate of drug-likeness (QED) is 0.177. The number of pyridine rings is 2. The first-order valence-electron chi connectivity index (χ1n) is 14.3. The van der Waals surface area contributed by atoms with Crippen molar-refractivity contribution in [1.82, 2.24) is 19.0 Å². The maximum Gasteiger partial charge on any atom is 0.410 e. The Bertz CT molecular complexity index is 1810. The van der Waals surface area contributed by atoms with Crippen molar-refractivity contribution in [3.8, 4) is 22.6 Å². The number of fused-ring (bicyclic) bond motifs is 1. The second-order valence-electron chi connectivity index (χ2n) is 11.6. The Morgan fingerprint density at radius 3 is 2.50 bits per heavy atom. The number of nitro benzene ring substituents is 1. The Hall–Kier alpha value is -4.91. The number of benzene rings is 1. The van der Waals surface area contributed by atoms with E-state index >= 15 is 0 Å². The van der Waals surface area contributed by atoms with Gasteiger partial charge in [-0.25, -0.2) is 4.79 Å². The number of aromatic amines is 1. The van der Waals surface area contributed by atoms with Crippen LogP contribution in [-0.2, 0) is 16.5 Å². The molecule has 13 heteroatoms. The zero-order valence-corrected chi connectivity index (χ0v) is 25.1. The highest BCUT2D eigenvalue weighted by Gasteiger charge is 2.27. The lowest BCUT2D eigenvalue weighted by Gasteiger charge is -2.33. The number of aryl methyl sites for hydroxylation is 1. The number of ether oxygens (including phenoxy) is 3. The van der Waals surface area contributed by atoms with Gasteiger partial charge in [-0.3, -0.25) is 24.3 Å². The maximum atomic E-state index is 13.2. The number of piperidine rings is 1. The number of H-pyrrole nitrogens is 1. The minimum Gasteiger partial charge on any atom is -0.491 e. The smallest absolute Gasteiger partial charge is 0.410 e. The molecule has 13 nitrogen and oxygen atoms in total. The van der Waals surface area contributed by atoms with E-state index in [9.17, 15) is 24.5 Å². The molecule has 0 unspecified atom stereocenters. The van der Waals surface area contributed by atoms with Gasteiger partial charge in [-0.05, 0) is 51.8 Å². The number of nitro groups is 1. The maximum absolute atomic E-state index is 13.2. The Morgan fingerprint density at radius 2 is 1.82 bits per heavy atom. The SMILES string of the molecule is Cn1cc(-c2cc([N+](=O)[O-])ccc2-n2ccc(OCCOC3CCN(C(=O)OC(C)(C)C)CC3)cc2=O)c2cc[nH]c2c1=O. The van der Waals surface area contributed by atoms with Crippen molar-refractivity contribution < 1.29 is 23.9 Å². The summed E-state index contributed by atoms with van der Waals surface area (Å²) in [4.78, 5) is 53.8. The van der Waals surface area contributed by atoms with Crippen LogP contribution in [0.4, 0.5) is 10.5 Å². The molecule has 0 radical (unpaired) electrons. The lowest BCUT2D eigenvalue weighted by Crippen LogP contribution is -2.43. The molecule has 0 aliphatic carbocycles. The summed E-state index contributed by atoms with van der Waals surface area (Å²) in [5.41, 5.74) is 0.418.